The molecular formula is C15H16O3. The van der Waals surface area contributed by atoms with Crippen molar-refractivity contribution in [2.24, 2.45) is 0 Å². The lowest BCUT2D eigenvalue weighted by Gasteiger charge is -2.32. The van der Waals surface area contributed by atoms with Crippen LogP contribution in [0, 0.1) is 0 Å². The van der Waals surface area contributed by atoms with Gasteiger partial charge in [-0.3, -0.25) is 4.79 Å². The van der Waals surface area contributed by atoms with Gasteiger partial charge in [-0.15, -0.1) is 0 Å². The molecule has 0 fully saturated rings. The minimum atomic E-state index is -0.996. The predicted octanol–water partition coefficient (Wildman–Crippen LogP) is 2.79. The van der Waals surface area contributed by atoms with Crippen molar-refractivity contribution >= 4 is 17.6 Å². The normalized spacial score (nSPS) is 21.6. The van der Waals surface area contributed by atoms with Crippen LogP contribution in [-0.2, 0) is 9.59 Å². The highest BCUT2D eigenvalue weighted by molar-refractivity contribution is 5.81. The Hall–Kier alpha value is -1.90. The molecule has 0 N–H and O–H groups in total. The lowest BCUT2D eigenvalue weighted by atomic mass is 9.90. The highest BCUT2D eigenvalue weighted by Gasteiger charge is 2.34. The Labute approximate surface area is 106 Å². The van der Waals surface area contributed by atoms with Crippen molar-refractivity contribution < 1.29 is 14.3 Å². The monoisotopic (exact) mass is 244 g/mol. The molecule has 2 rings (SSSR count). The molecule has 1 heterocycles. The summed E-state index contributed by atoms with van der Waals surface area (Å²) >= 11 is 0. The fourth-order valence-electron chi connectivity index (χ4n) is 2.17. The molecule has 0 bridgehead atoms. The van der Waals surface area contributed by atoms with E-state index in [0.717, 1.165) is 17.4 Å². The predicted molar refractivity (Wildman–Crippen MR) is 69.4 cm³/mol. The summed E-state index contributed by atoms with van der Waals surface area (Å²) in [5.74, 6) is 0.762. The molecule has 1 atom stereocenters. The molecule has 0 spiro atoms. The van der Waals surface area contributed by atoms with Crippen molar-refractivity contribution in [3.05, 3.63) is 35.9 Å². The fourth-order valence-corrected chi connectivity index (χ4v) is 2.17. The number of ketones is 1. The first-order chi connectivity index (χ1) is 8.56. The van der Waals surface area contributed by atoms with Crippen molar-refractivity contribution in [3.63, 3.8) is 0 Å². The molecular weight excluding hydrogens is 228 g/mol. The average molecular weight is 244 g/mol. The van der Waals surface area contributed by atoms with Gasteiger partial charge < -0.3 is 9.53 Å². The molecule has 1 unspecified atom stereocenters. The summed E-state index contributed by atoms with van der Waals surface area (Å²) < 4.78 is 5.79. The number of carbonyl (C=O) groups excluding carboxylic acids is 2. The van der Waals surface area contributed by atoms with E-state index in [1.165, 1.54) is 6.92 Å². The first-order valence-corrected chi connectivity index (χ1v) is 6.00. The van der Waals surface area contributed by atoms with Crippen LogP contribution in [0.25, 0.3) is 5.57 Å². The van der Waals surface area contributed by atoms with Gasteiger partial charge in [0.1, 0.15) is 11.5 Å². The van der Waals surface area contributed by atoms with Crippen LogP contribution in [0.3, 0.4) is 0 Å². The first-order valence-electron chi connectivity index (χ1n) is 6.00. The molecule has 0 amide bonds. The number of hydrogen-bond acceptors (Lipinski definition) is 3. The first kappa shape index (κ1) is 12.6. The van der Waals surface area contributed by atoms with Crippen LogP contribution in [0.5, 0.6) is 5.75 Å². The van der Waals surface area contributed by atoms with E-state index in [0.29, 0.717) is 18.6 Å². The van der Waals surface area contributed by atoms with Crippen LogP contribution in [0.15, 0.2) is 30.3 Å². The molecule has 3 nitrogen and oxygen atoms in total. The van der Waals surface area contributed by atoms with Gasteiger partial charge in [-0.1, -0.05) is 18.2 Å². The van der Waals surface area contributed by atoms with E-state index < -0.39 is 5.60 Å². The maximum atomic E-state index is 11.4. The summed E-state index contributed by atoms with van der Waals surface area (Å²) in [5.41, 5.74) is 1.01. The molecule has 0 saturated heterocycles. The number of para-hydroxylation sites is 1. The summed E-state index contributed by atoms with van der Waals surface area (Å²) in [6.07, 6.45) is 3.32. The molecule has 1 aromatic rings. The number of ether oxygens (including phenoxy) is 1. The second-order valence-electron chi connectivity index (χ2n) is 4.70. The molecule has 1 aromatic carbocycles. The van der Waals surface area contributed by atoms with E-state index in [2.05, 4.69) is 0 Å². The van der Waals surface area contributed by atoms with E-state index >= 15 is 0 Å². The van der Waals surface area contributed by atoms with E-state index in [1.807, 2.05) is 37.3 Å². The van der Waals surface area contributed by atoms with E-state index in [9.17, 15) is 9.59 Å². The third-order valence-corrected chi connectivity index (χ3v) is 3.14. The summed E-state index contributed by atoms with van der Waals surface area (Å²) in [7, 11) is 0. The number of aldehydes is 1. The lowest BCUT2D eigenvalue weighted by molar-refractivity contribution is -0.121. The number of fused-ring (bicyclic) bond motifs is 1. The quantitative estimate of drug-likeness (QED) is 0.765. The smallest absolute Gasteiger partial charge is 0.183 e. The maximum Gasteiger partial charge on any atom is 0.183 e. The van der Waals surface area contributed by atoms with Gasteiger partial charge in [-0.05, 0) is 31.6 Å². The van der Waals surface area contributed by atoms with Gasteiger partial charge in [0.15, 0.2) is 11.9 Å². The Morgan fingerprint density at radius 1 is 1.39 bits per heavy atom. The minimum absolute atomic E-state index is 0.0599. The molecule has 1 aliphatic heterocycles. The fraction of sp³-hybridized carbons (Fsp3) is 0.333. The zero-order valence-electron chi connectivity index (χ0n) is 10.6. The molecule has 0 aromatic heterocycles. The summed E-state index contributed by atoms with van der Waals surface area (Å²) in [5, 5.41) is 0. The Morgan fingerprint density at radius 2 is 2.11 bits per heavy atom. The van der Waals surface area contributed by atoms with Crippen molar-refractivity contribution in [2.75, 3.05) is 0 Å². The zero-order valence-corrected chi connectivity index (χ0v) is 10.6. The highest BCUT2D eigenvalue weighted by atomic mass is 16.5. The standard InChI is InChI=1S/C15H16O3/c1-11-9-15(10-16,8-7-12(2)17)18-14-6-4-3-5-13(11)14/h3-6,9-10H,7-8H2,1-2H3. The lowest BCUT2D eigenvalue weighted by Crippen LogP contribution is -2.38. The summed E-state index contributed by atoms with van der Waals surface area (Å²) in [6, 6.07) is 7.61. The Bertz CT molecular complexity index is 516. The van der Waals surface area contributed by atoms with Crippen LogP contribution in [0.2, 0.25) is 0 Å². The van der Waals surface area contributed by atoms with E-state index in [-0.39, 0.29) is 5.78 Å². The zero-order chi connectivity index (χ0) is 13.2. The van der Waals surface area contributed by atoms with Gasteiger partial charge >= 0.3 is 0 Å². The molecule has 94 valence electrons. The number of rotatable bonds is 4. The Kier molecular flexibility index (Phi) is 3.32. The number of allylic oxidation sites excluding steroid dienone is 1. The number of hydrogen-bond donors (Lipinski definition) is 0. The molecule has 0 radical (unpaired) electrons. The average Bonchev–Trinajstić information content (AvgIpc) is 2.36. The van der Waals surface area contributed by atoms with Gasteiger partial charge in [0.05, 0.1) is 0 Å². The van der Waals surface area contributed by atoms with Crippen LogP contribution < -0.4 is 4.74 Å². The van der Waals surface area contributed by atoms with Crippen molar-refractivity contribution in [3.8, 4) is 5.75 Å². The number of carbonyl (C=O) groups is 2. The van der Waals surface area contributed by atoms with Crippen LogP contribution in [0.4, 0.5) is 0 Å². The van der Waals surface area contributed by atoms with Crippen molar-refractivity contribution in [2.45, 2.75) is 32.3 Å². The van der Waals surface area contributed by atoms with E-state index in [1.54, 1.807) is 0 Å². The third kappa shape index (κ3) is 2.35. The summed E-state index contributed by atoms with van der Waals surface area (Å²) in [4.78, 5) is 22.4. The van der Waals surface area contributed by atoms with Gasteiger partial charge in [0, 0.05) is 18.4 Å². The number of Topliss-reactive ketones (excluding diaryl/α,β-unsaturated/α-hetero) is 1. The largest absolute Gasteiger partial charge is 0.475 e. The number of benzene rings is 1. The van der Waals surface area contributed by atoms with Crippen LogP contribution in [-0.4, -0.2) is 17.7 Å². The molecule has 1 aliphatic rings. The van der Waals surface area contributed by atoms with Gasteiger partial charge in [0.2, 0.25) is 0 Å². The topological polar surface area (TPSA) is 43.4 Å². The van der Waals surface area contributed by atoms with Gasteiger partial charge in [0.25, 0.3) is 0 Å². The Morgan fingerprint density at radius 3 is 2.78 bits per heavy atom. The molecule has 18 heavy (non-hydrogen) atoms. The second-order valence-corrected chi connectivity index (χ2v) is 4.70. The minimum Gasteiger partial charge on any atom is -0.475 e. The maximum absolute atomic E-state index is 11.4. The van der Waals surface area contributed by atoms with Crippen molar-refractivity contribution in [1.29, 1.82) is 0 Å². The van der Waals surface area contributed by atoms with Gasteiger partial charge in [-0.2, -0.15) is 0 Å². The highest BCUT2D eigenvalue weighted by Crippen LogP contribution is 2.36. The Balaban J connectivity index is 2.34. The molecule has 0 saturated carbocycles. The van der Waals surface area contributed by atoms with Crippen LogP contribution >= 0.6 is 0 Å². The van der Waals surface area contributed by atoms with Gasteiger partial charge in [-0.25, -0.2) is 0 Å². The third-order valence-electron chi connectivity index (χ3n) is 3.14. The van der Waals surface area contributed by atoms with Crippen molar-refractivity contribution in [1.82, 2.24) is 0 Å². The SMILES string of the molecule is CC(=O)CCC1(C=O)C=C(C)c2ccccc2O1. The van der Waals surface area contributed by atoms with E-state index in [4.69, 9.17) is 4.74 Å². The second kappa shape index (κ2) is 4.77. The van der Waals surface area contributed by atoms with Crippen LogP contribution in [0.1, 0.15) is 32.3 Å². The summed E-state index contributed by atoms with van der Waals surface area (Å²) in [6.45, 7) is 3.47. The molecule has 0 aliphatic carbocycles. The molecule has 3 heteroatoms.